The molecule has 3 heterocycles. The van der Waals surface area contributed by atoms with Crippen molar-refractivity contribution in [3.8, 4) is 22.9 Å². The lowest BCUT2D eigenvalue weighted by molar-refractivity contribution is -0.389. The average molecular weight is 536 g/mol. The van der Waals surface area contributed by atoms with Gasteiger partial charge in [0.15, 0.2) is 0 Å². The molecule has 3 aromatic rings. The maximum Gasteiger partial charge on any atom is 0.414 e. The molecule has 2 aliphatic heterocycles. The van der Waals surface area contributed by atoms with Crippen LogP contribution in [-0.2, 0) is 11.3 Å². The van der Waals surface area contributed by atoms with E-state index in [9.17, 15) is 14.9 Å². The molecule has 5 rings (SSSR count). The highest BCUT2D eigenvalue weighted by Crippen LogP contribution is 2.27. The Morgan fingerprint density at radius 3 is 2.28 bits per heavy atom. The first-order chi connectivity index (χ1) is 18.6. The zero-order valence-electron chi connectivity index (χ0n) is 22.4. The van der Waals surface area contributed by atoms with Crippen LogP contribution in [0.1, 0.15) is 27.2 Å². The number of benzene rings is 2. The number of anilines is 1. The molecule has 1 amide bonds. The van der Waals surface area contributed by atoms with E-state index < -0.39 is 10.5 Å². The van der Waals surface area contributed by atoms with Crippen molar-refractivity contribution < 1.29 is 23.9 Å². The number of carbonyl (C=O) groups is 1. The lowest BCUT2D eigenvalue weighted by Crippen LogP contribution is -2.50. The van der Waals surface area contributed by atoms with Gasteiger partial charge >= 0.3 is 17.9 Å². The first-order valence-corrected chi connectivity index (χ1v) is 13.1. The van der Waals surface area contributed by atoms with E-state index in [0.717, 1.165) is 35.7 Å². The van der Waals surface area contributed by atoms with Crippen molar-refractivity contribution in [1.82, 2.24) is 14.5 Å². The van der Waals surface area contributed by atoms with Gasteiger partial charge in [-0.05, 0) is 61.1 Å². The molecule has 1 atom stereocenters. The van der Waals surface area contributed by atoms with Crippen LogP contribution in [-0.4, -0.2) is 70.0 Å². The van der Waals surface area contributed by atoms with E-state index in [-0.39, 0.29) is 24.0 Å². The van der Waals surface area contributed by atoms with E-state index in [1.165, 1.54) is 6.20 Å². The molecule has 0 spiro atoms. The molecule has 1 aromatic heterocycles. The average Bonchev–Trinajstić information content (AvgIpc) is 3.36. The highest BCUT2D eigenvalue weighted by atomic mass is 16.6. The quantitative estimate of drug-likeness (QED) is 0.329. The number of imidazole rings is 1. The van der Waals surface area contributed by atoms with E-state index in [2.05, 4.69) is 34.1 Å². The van der Waals surface area contributed by atoms with Gasteiger partial charge in [-0.1, -0.05) is 24.3 Å². The highest BCUT2D eigenvalue weighted by Gasteiger charge is 2.29. The number of fused-ring (bicyclic) bond motifs is 1. The van der Waals surface area contributed by atoms with Crippen molar-refractivity contribution in [2.24, 2.45) is 0 Å². The molecular formula is C28H33N5O6. The smallest absolute Gasteiger partial charge is 0.414 e. The standard InChI is InChI=1S/C28H33N5O6/c1-28(2,3)39-27(34)31-16-14-30(15-17-31)22-8-4-20(5-9-22)21-6-10-23(11-7-21)37-19-24-12-13-32-18-25(33(35)36)29-26(32)38-24/h4-11,18,24H,12-17,19H2,1-3H3/t24-/m1/s1. The minimum Gasteiger partial charge on any atom is -0.490 e. The van der Waals surface area contributed by atoms with Gasteiger partial charge in [0.25, 0.3) is 0 Å². The van der Waals surface area contributed by atoms with Gasteiger partial charge in [-0.3, -0.25) is 4.57 Å². The number of carbonyl (C=O) groups excluding carboxylic acids is 1. The number of piperazine rings is 1. The Hall–Kier alpha value is -4.28. The molecule has 2 aromatic carbocycles. The summed E-state index contributed by atoms with van der Waals surface area (Å²) in [6.45, 7) is 9.34. The topological polar surface area (TPSA) is 112 Å². The van der Waals surface area contributed by atoms with Crippen LogP contribution in [0.25, 0.3) is 11.1 Å². The number of ether oxygens (including phenoxy) is 3. The number of nitro groups is 1. The number of amides is 1. The Morgan fingerprint density at radius 1 is 1.03 bits per heavy atom. The second-order valence-corrected chi connectivity index (χ2v) is 10.7. The number of aryl methyl sites for hydroxylation is 1. The summed E-state index contributed by atoms with van der Waals surface area (Å²) in [5.41, 5.74) is 2.81. The summed E-state index contributed by atoms with van der Waals surface area (Å²) in [5, 5.41) is 10.9. The van der Waals surface area contributed by atoms with Gasteiger partial charge in [0.1, 0.15) is 30.3 Å². The van der Waals surface area contributed by atoms with Crippen LogP contribution in [0.5, 0.6) is 11.8 Å². The molecule has 39 heavy (non-hydrogen) atoms. The van der Waals surface area contributed by atoms with E-state index in [0.29, 0.717) is 32.7 Å². The van der Waals surface area contributed by atoms with Crippen molar-refractivity contribution in [3.63, 3.8) is 0 Å². The third-order valence-electron chi connectivity index (χ3n) is 6.67. The number of hydrogen-bond acceptors (Lipinski definition) is 8. The van der Waals surface area contributed by atoms with Gasteiger partial charge in [0, 0.05) is 49.8 Å². The first-order valence-electron chi connectivity index (χ1n) is 13.1. The molecule has 2 aliphatic rings. The number of nitrogens with zero attached hydrogens (tertiary/aromatic N) is 5. The van der Waals surface area contributed by atoms with Crippen LogP contribution in [0.3, 0.4) is 0 Å². The summed E-state index contributed by atoms with van der Waals surface area (Å²) < 4.78 is 18.8. The van der Waals surface area contributed by atoms with Gasteiger partial charge < -0.3 is 34.1 Å². The first kappa shape index (κ1) is 26.3. The SMILES string of the molecule is CC(C)(C)OC(=O)N1CCN(c2ccc(-c3ccc(OC[C@H]4CCn5cc([N+](=O)[O-])nc5O4)cc3)cc2)CC1. The third kappa shape index (κ3) is 6.42. The molecule has 0 aliphatic carbocycles. The zero-order valence-corrected chi connectivity index (χ0v) is 22.4. The van der Waals surface area contributed by atoms with Crippen LogP contribution < -0.4 is 14.4 Å². The molecule has 11 heteroatoms. The summed E-state index contributed by atoms with van der Waals surface area (Å²) in [6.07, 6.45) is 1.60. The molecule has 0 bridgehead atoms. The van der Waals surface area contributed by atoms with E-state index in [1.54, 1.807) is 9.47 Å². The second kappa shape index (κ2) is 10.8. The van der Waals surface area contributed by atoms with Crippen LogP contribution in [0.15, 0.2) is 54.7 Å². The fraction of sp³-hybridized carbons (Fsp3) is 0.429. The molecule has 0 N–H and O–H groups in total. The van der Waals surface area contributed by atoms with Gasteiger partial charge in [0.2, 0.25) is 0 Å². The summed E-state index contributed by atoms with van der Waals surface area (Å²) in [7, 11) is 0. The van der Waals surface area contributed by atoms with Crippen LogP contribution in [0.2, 0.25) is 0 Å². The molecule has 11 nitrogen and oxygen atoms in total. The minimum atomic E-state index is -0.523. The third-order valence-corrected chi connectivity index (χ3v) is 6.67. The molecule has 0 unspecified atom stereocenters. The van der Waals surface area contributed by atoms with Crippen molar-refractivity contribution in [1.29, 1.82) is 0 Å². The Balaban J connectivity index is 1.11. The van der Waals surface area contributed by atoms with Crippen LogP contribution >= 0.6 is 0 Å². The Bertz CT molecular complexity index is 1310. The molecule has 206 valence electrons. The maximum atomic E-state index is 12.3. The molecule has 0 saturated carbocycles. The Morgan fingerprint density at radius 2 is 1.67 bits per heavy atom. The van der Waals surface area contributed by atoms with Gasteiger partial charge in [-0.25, -0.2) is 4.79 Å². The summed E-state index contributed by atoms with van der Waals surface area (Å²) in [5.74, 6) is 0.512. The largest absolute Gasteiger partial charge is 0.490 e. The van der Waals surface area contributed by atoms with Gasteiger partial charge in [0.05, 0.1) is 0 Å². The Kier molecular flexibility index (Phi) is 7.32. The highest BCUT2D eigenvalue weighted by molar-refractivity contribution is 5.69. The van der Waals surface area contributed by atoms with E-state index >= 15 is 0 Å². The molecule has 1 fully saturated rings. The maximum absolute atomic E-state index is 12.3. The van der Waals surface area contributed by atoms with Crippen molar-refractivity contribution in [3.05, 3.63) is 64.8 Å². The lowest BCUT2D eigenvalue weighted by Gasteiger charge is -2.36. The fourth-order valence-electron chi connectivity index (χ4n) is 4.61. The summed E-state index contributed by atoms with van der Waals surface area (Å²) in [4.78, 5) is 30.7. The lowest BCUT2D eigenvalue weighted by atomic mass is 10.0. The fourth-order valence-corrected chi connectivity index (χ4v) is 4.61. The van der Waals surface area contributed by atoms with E-state index in [1.807, 2.05) is 45.0 Å². The second-order valence-electron chi connectivity index (χ2n) is 10.7. The number of rotatable bonds is 6. The minimum absolute atomic E-state index is 0.212. The van der Waals surface area contributed by atoms with Crippen molar-refractivity contribution in [2.75, 3.05) is 37.7 Å². The number of aromatic nitrogens is 2. The normalized spacial score (nSPS) is 17.3. The predicted octanol–water partition coefficient (Wildman–Crippen LogP) is 4.75. The van der Waals surface area contributed by atoms with E-state index in [4.69, 9.17) is 14.2 Å². The summed E-state index contributed by atoms with van der Waals surface area (Å²) >= 11 is 0. The monoisotopic (exact) mass is 535 g/mol. The molecule has 0 radical (unpaired) electrons. The van der Waals surface area contributed by atoms with Crippen molar-refractivity contribution >= 4 is 17.6 Å². The van der Waals surface area contributed by atoms with Crippen LogP contribution in [0.4, 0.5) is 16.3 Å². The zero-order chi connectivity index (χ0) is 27.6. The van der Waals surface area contributed by atoms with Crippen LogP contribution in [0, 0.1) is 10.1 Å². The molecular weight excluding hydrogens is 502 g/mol. The molecule has 1 saturated heterocycles. The predicted molar refractivity (Wildman–Crippen MR) is 145 cm³/mol. The van der Waals surface area contributed by atoms with Gasteiger partial charge in [-0.2, -0.15) is 0 Å². The summed E-state index contributed by atoms with van der Waals surface area (Å²) in [6, 6.07) is 16.6. The number of hydrogen-bond donors (Lipinski definition) is 0. The van der Waals surface area contributed by atoms with Crippen molar-refractivity contribution in [2.45, 2.75) is 45.4 Å². The Labute approximate surface area is 227 Å². The van der Waals surface area contributed by atoms with Gasteiger partial charge in [-0.15, -0.1) is 0 Å².